The quantitative estimate of drug-likeness (QED) is 0.509. The van der Waals surface area contributed by atoms with Crippen molar-refractivity contribution in [1.29, 1.82) is 0 Å². The number of amides is 2. The van der Waals surface area contributed by atoms with Crippen LogP contribution in [0.15, 0.2) is 24.3 Å². The smallest absolute Gasteiger partial charge is 0.406 e. The van der Waals surface area contributed by atoms with Crippen LogP contribution in [0.5, 0.6) is 5.75 Å². The lowest BCUT2D eigenvalue weighted by Crippen LogP contribution is -2.47. The van der Waals surface area contributed by atoms with Gasteiger partial charge in [-0.15, -0.1) is 13.2 Å². The van der Waals surface area contributed by atoms with E-state index >= 15 is 0 Å². The Labute approximate surface area is 121 Å². The number of carbonyl (C=O) groups is 1. The highest BCUT2D eigenvalue weighted by Gasteiger charge is 2.30. The van der Waals surface area contributed by atoms with E-state index in [2.05, 4.69) is 4.74 Å². The molecule has 0 fully saturated rings. The molecule has 4 N–H and O–H groups in total. The Morgan fingerprint density at radius 2 is 1.67 bits per heavy atom. The molecule has 6 nitrogen and oxygen atoms in total. The monoisotopic (exact) mass is 308 g/mol. The van der Waals surface area contributed by atoms with Gasteiger partial charge < -0.3 is 4.74 Å². The van der Waals surface area contributed by atoms with Crippen LogP contribution in [0.1, 0.15) is 19.4 Å². The molecule has 0 bridgehead atoms. The van der Waals surface area contributed by atoms with Crippen molar-refractivity contribution in [2.24, 2.45) is 11.7 Å². The van der Waals surface area contributed by atoms with E-state index in [1.54, 1.807) is 0 Å². The Balaban J connectivity index is 0.00000191. The number of hydrogen-bond donors (Lipinski definition) is 2. The van der Waals surface area contributed by atoms with Crippen LogP contribution in [-0.4, -0.2) is 29.5 Å². The summed E-state index contributed by atoms with van der Waals surface area (Å²) in [6, 6.07) is 4.37. The molecule has 1 rings (SSSR count). The number of carbonyl (C=O) groups excluding carboxylic acids is 1. The zero-order chi connectivity index (χ0) is 16.6. The van der Waals surface area contributed by atoms with Gasteiger partial charge in [-0.2, -0.15) is 0 Å². The van der Waals surface area contributed by atoms with Crippen molar-refractivity contribution in [2.75, 3.05) is 7.05 Å². The van der Waals surface area contributed by atoms with Gasteiger partial charge in [-0.3, -0.25) is 10.0 Å². The fourth-order valence-electron chi connectivity index (χ4n) is 1.26. The molecule has 0 spiro atoms. The van der Waals surface area contributed by atoms with Gasteiger partial charge >= 0.3 is 12.4 Å². The molecule has 0 atom stereocenters. The van der Waals surface area contributed by atoms with Crippen molar-refractivity contribution < 1.29 is 22.7 Å². The summed E-state index contributed by atoms with van der Waals surface area (Å²) in [7, 11) is 1.32. The van der Waals surface area contributed by atoms with Gasteiger partial charge in [0.2, 0.25) is 0 Å². The second-order valence-electron chi connectivity index (χ2n) is 3.71. The predicted molar refractivity (Wildman–Crippen MR) is 71.5 cm³/mol. The van der Waals surface area contributed by atoms with Crippen LogP contribution in [-0.2, 0) is 6.54 Å². The number of hydrazine groups is 2. The Morgan fingerprint density at radius 1 is 1.19 bits per heavy atom. The van der Waals surface area contributed by atoms with E-state index < -0.39 is 12.4 Å². The fourth-order valence-corrected chi connectivity index (χ4v) is 1.26. The van der Waals surface area contributed by atoms with Crippen LogP contribution >= 0.6 is 0 Å². The van der Waals surface area contributed by atoms with Crippen molar-refractivity contribution in [1.82, 2.24) is 10.0 Å². The minimum Gasteiger partial charge on any atom is -0.406 e. The van der Waals surface area contributed by atoms with Crippen molar-refractivity contribution in [3.05, 3.63) is 29.8 Å². The van der Waals surface area contributed by atoms with Gasteiger partial charge in [-0.05, 0) is 17.7 Å². The van der Waals surface area contributed by atoms with Crippen molar-refractivity contribution in [3.63, 3.8) is 0 Å². The summed E-state index contributed by atoms with van der Waals surface area (Å²) >= 11 is 0. The molecule has 0 aliphatic carbocycles. The van der Waals surface area contributed by atoms with E-state index in [1.807, 2.05) is 13.8 Å². The molecular weight excluding hydrogens is 289 g/mol. The molecule has 2 amide bonds. The Bertz CT molecular complexity index is 435. The highest BCUT2D eigenvalue weighted by Crippen LogP contribution is 2.22. The third-order valence-corrected chi connectivity index (χ3v) is 2.06. The molecule has 0 radical (unpaired) electrons. The van der Waals surface area contributed by atoms with Gasteiger partial charge in [0.15, 0.2) is 0 Å². The van der Waals surface area contributed by atoms with E-state index in [-0.39, 0.29) is 12.3 Å². The summed E-state index contributed by atoms with van der Waals surface area (Å²) in [5.74, 6) is 10.3. The number of hydrogen-bond acceptors (Lipinski definition) is 4. The molecule has 120 valence electrons. The lowest BCUT2D eigenvalue weighted by Gasteiger charge is -2.20. The summed E-state index contributed by atoms with van der Waals surface area (Å²) in [5, 5.41) is 1.63. The minimum absolute atomic E-state index is 0.00662. The molecule has 0 aliphatic rings. The van der Waals surface area contributed by atoms with Gasteiger partial charge in [0.1, 0.15) is 5.75 Å². The number of alkyl halides is 3. The molecule has 9 heteroatoms. The lowest BCUT2D eigenvalue weighted by atomic mass is 10.2. The highest BCUT2D eigenvalue weighted by atomic mass is 19.4. The van der Waals surface area contributed by atoms with Gasteiger partial charge in [0.25, 0.3) is 0 Å². The average molecular weight is 308 g/mol. The standard InChI is InChI=1S/C10H13F3N4O2.C2H6/c1-16(14)9(18)17(15)6-7-2-4-8(5-3-7)19-10(11,12)13;1-2/h2-5H,6,14-15H2,1H3;1-2H3. The van der Waals surface area contributed by atoms with Crippen molar-refractivity contribution >= 4 is 6.03 Å². The molecule has 21 heavy (non-hydrogen) atoms. The first kappa shape index (κ1) is 19.0. The third kappa shape index (κ3) is 7.37. The first-order valence-corrected chi connectivity index (χ1v) is 6.08. The average Bonchev–Trinajstić information content (AvgIpc) is 2.40. The van der Waals surface area contributed by atoms with E-state index in [0.29, 0.717) is 5.56 Å². The van der Waals surface area contributed by atoms with Crippen molar-refractivity contribution in [2.45, 2.75) is 26.8 Å². The Kier molecular flexibility index (Phi) is 7.53. The van der Waals surface area contributed by atoms with Crippen LogP contribution < -0.4 is 16.4 Å². The summed E-state index contributed by atoms with van der Waals surface area (Å²) < 4.78 is 39.5. The number of nitrogens with two attached hydrogens (primary N) is 2. The first-order valence-electron chi connectivity index (χ1n) is 6.08. The second-order valence-corrected chi connectivity index (χ2v) is 3.71. The van der Waals surface area contributed by atoms with E-state index in [1.165, 1.54) is 19.2 Å². The number of halogens is 3. The minimum atomic E-state index is -4.74. The van der Waals surface area contributed by atoms with Crippen LogP contribution in [0.3, 0.4) is 0 Å². The SMILES string of the molecule is CC.CN(N)C(=O)N(N)Cc1ccc(OC(F)(F)F)cc1. The molecule has 0 saturated carbocycles. The van der Waals surface area contributed by atoms with E-state index in [0.717, 1.165) is 22.2 Å². The van der Waals surface area contributed by atoms with E-state index in [4.69, 9.17) is 11.7 Å². The number of urea groups is 1. The highest BCUT2D eigenvalue weighted by molar-refractivity contribution is 5.72. The number of nitrogens with zero attached hydrogens (tertiary/aromatic N) is 2. The number of ether oxygens (including phenoxy) is 1. The molecule has 0 aromatic heterocycles. The third-order valence-electron chi connectivity index (χ3n) is 2.06. The molecule has 0 heterocycles. The van der Waals surface area contributed by atoms with Crippen LogP contribution in [0.2, 0.25) is 0 Å². The van der Waals surface area contributed by atoms with Gasteiger partial charge in [-0.1, -0.05) is 26.0 Å². The largest absolute Gasteiger partial charge is 0.573 e. The molecule has 1 aromatic rings. The van der Waals surface area contributed by atoms with E-state index in [9.17, 15) is 18.0 Å². The van der Waals surface area contributed by atoms with Crippen molar-refractivity contribution in [3.8, 4) is 5.75 Å². The Morgan fingerprint density at radius 3 is 2.05 bits per heavy atom. The maximum absolute atomic E-state index is 11.9. The summed E-state index contributed by atoms with van der Waals surface area (Å²) in [6.45, 7) is 4.01. The van der Waals surface area contributed by atoms with Gasteiger partial charge in [-0.25, -0.2) is 16.5 Å². The van der Waals surface area contributed by atoms with Gasteiger partial charge in [0, 0.05) is 7.05 Å². The zero-order valence-corrected chi connectivity index (χ0v) is 12.0. The molecule has 0 aliphatic heterocycles. The fraction of sp³-hybridized carbons (Fsp3) is 0.417. The number of benzene rings is 1. The zero-order valence-electron chi connectivity index (χ0n) is 12.0. The van der Waals surface area contributed by atoms with Crippen LogP contribution in [0, 0.1) is 0 Å². The van der Waals surface area contributed by atoms with Crippen LogP contribution in [0.4, 0.5) is 18.0 Å². The second kappa shape index (κ2) is 8.32. The maximum atomic E-state index is 11.9. The van der Waals surface area contributed by atoms with Gasteiger partial charge in [0.05, 0.1) is 6.54 Å². The topological polar surface area (TPSA) is 84.8 Å². The number of rotatable bonds is 3. The molecule has 1 aromatic carbocycles. The molecular formula is C12H19F3N4O2. The molecule has 0 saturated heterocycles. The summed E-state index contributed by atoms with van der Waals surface area (Å²) in [6.07, 6.45) is -4.74. The normalized spacial score (nSPS) is 10.3. The summed E-state index contributed by atoms with van der Waals surface area (Å²) in [4.78, 5) is 11.3. The maximum Gasteiger partial charge on any atom is 0.573 e. The lowest BCUT2D eigenvalue weighted by molar-refractivity contribution is -0.274. The molecule has 0 unspecified atom stereocenters. The predicted octanol–water partition coefficient (Wildman–Crippen LogP) is 2.21. The Hall–Kier alpha value is -2.00. The van der Waals surface area contributed by atoms with Crippen LogP contribution in [0.25, 0.3) is 0 Å². The summed E-state index contributed by atoms with van der Waals surface area (Å²) in [5.41, 5.74) is 0.534. The first-order chi connectivity index (χ1) is 9.69.